The topological polar surface area (TPSA) is 72.2 Å². The van der Waals surface area contributed by atoms with Gasteiger partial charge >= 0.3 is 5.97 Å². The Kier molecular flexibility index (Phi) is 3.57. The molecule has 0 aliphatic carbocycles. The number of aromatic nitrogens is 2. The fourth-order valence-electron chi connectivity index (χ4n) is 2.22. The van der Waals surface area contributed by atoms with Crippen molar-refractivity contribution in [1.29, 1.82) is 0 Å². The van der Waals surface area contributed by atoms with E-state index in [4.69, 9.17) is 16.7 Å². The third-order valence-corrected chi connectivity index (χ3v) is 3.44. The average molecular weight is 337 g/mol. The molecule has 3 rings (SSSR count). The summed E-state index contributed by atoms with van der Waals surface area (Å²) in [7, 11) is 0. The average Bonchev–Trinajstić information content (AvgIpc) is 2.48. The lowest BCUT2D eigenvalue weighted by molar-refractivity contribution is 0.0695. The Labute approximate surface area is 132 Å². The number of halogens is 3. The fraction of sp³-hybridized carbons (Fsp3) is 0. The highest BCUT2D eigenvalue weighted by atomic mass is 35.5. The van der Waals surface area contributed by atoms with Crippen LogP contribution in [0, 0.1) is 11.6 Å². The highest BCUT2D eigenvalue weighted by molar-refractivity contribution is 6.29. The van der Waals surface area contributed by atoms with Gasteiger partial charge in [-0.3, -0.25) is 9.36 Å². The van der Waals surface area contributed by atoms with Crippen LogP contribution in [0.15, 0.2) is 41.3 Å². The van der Waals surface area contributed by atoms with E-state index in [-0.39, 0.29) is 16.2 Å². The molecule has 0 aliphatic rings. The van der Waals surface area contributed by atoms with Crippen molar-refractivity contribution in [2.75, 3.05) is 0 Å². The predicted molar refractivity (Wildman–Crippen MR) is 79.2 cm³/mol. The number of para-hydroxylation sites is 1. The van der Waals surface area contributed by atoms with Crippen LogP contribution in [0.3, 0.4) is 0 Å². The Bertz CT molecular complexity index is 997. The molecule has 5 nitrogen and oxygen atoms in total. The minimum absolute atomic E-state index is 0.00882. The van der Waals surface area contributed by atoms with Gasteiger partial charge in [-0.25, -0.2) is 18.6 Å². The largest absolute Gasteiger partial charge is 0.477 e. The van der Waals surface area contributed by atoms with Gasteiger partial charge in [0.25, 0.3) is 0 Å². The third kappa shape index (κ3) is 2.44. The van der Waals surface area contributed by atoms with Crippen LogP contribution < -0.4 is 5.43 Å². The van der Waals surface area contributed by atoms with Crippen molar-refractivity contribution in [3.05, 3.63) is 69.1 Å². The molecule has 1 aromatic carbocycles. The van der Waals surface area contributed by atoms with Gasteiger partial charge in [-0.1, -0.05) is 17.7 Å². The number of aromatic carboxylic acids is 1. The Morgan fingerprint density at radius 1 is 1.17 bits per heavy atom. The molecule has 0 fully saturated rings. The molecule has 2 aromatic heterocycles. The summed E-state index contributed by atoms with van der Waals surface area (Å²) in [5.74, 6) is -3.39. The Balaban J connectivity index is 2.54. The number of pyridine rings is 2. The van der Waals surface area contributed by atoms with Crippen LogP contribution in [0.2, 0.25) is 5.15 Å². The fourth-order valence-corrected chi connectivity index (χ4v) is 2.37. The zero-order valence-electron chi connectivity index (χ0n) is 11.3. The van der Waals surface area contributed by atoms with Crippen LogP contribution in [0.4, 0.5) is 8.78 Å². The minimum atomic E-state index is -1.52. The molecule has 23 heavy (non-hydrogen) atoms. The Morgan fingerprint density at radius 2 is 1.83 bits per heavy atom. The number of fused-ring (bicyclic) bond motifs is 1. The number of nitrogens with zero attached hydrogens (tertiary/aromatic N) is 2. The van der Waals surface area contributed by atoms with Crippen LogP contribution >= 0.6 is 11.6 Å². The first kappa shape index (κ1) is 15.1. The molecule has 0 amide bonds. The second kappa shape index (κ2) is 5.44. The van der Waals surface area contributed by atoms with Crippen LogP contribution in [-0.4, -0.2) is 20.6 Å². The van der Waals surface area contributed by atoms with Crippen LogP contribution in [0.25, 0.3) is 16.7 Å². The summed E-state index contributed by atoms with van der Waals surface area (Å²) in [5, 5.41) is 9.02. The molecule has 0 bridgehead atoms. The zero-order chi connectivity index (χ0) is 16.7. The maximum atomic E-state index is 14.1. The lowest BCUT2D eigenvalue weighted by Crippen LogP contribution is -2.20. The van der Waals surface area contributed by atoms with Crippen molar-refractivity contribution < 1.29 is 18.7 Å². The molecule has 0 radical (unpaired) electrons. The summed E-state index contributed by atoms with van der Waals surface area (Å²) in [4.78, 5) is 27.3. The first-order chi connectivity index (χ1) is 10.9. The van der Waals surface area contributed by atoms with E-state index < -0.39 is 34.3 Å². The summed E-state index contributed by atoms with van der Waals surface area (Å²) in [6.07, 6.45) is 0.831. The minimum Gasteiger partial charge on any atom is -0.477 e. The van der Waals surface area contributed by atoms with Gasteiger partial charge in [-0.05, 0) is 24.3 Å². The predicted octanol–water partition coefficient (Wildman–Crippen LogP) is 3.02. The second-order valence-corrected chi connectivity index (χ2v) is 5.01. The number of hydrogen-bond donors (Lipinski definition) is 1. The third-order valence-electron chi connectivity index (χ3n) is 3.23. The van der Waals surface area contributed by atoms with Crippen molar-refractivity contribution in [2.45, 2.75) is 0 Å². The number of hydrogen-bond acceptors (Lipinski definition) is 3. The molecule has 0 saturated carbocycles. The van der Waals surface area contributed by atoms with Crippen molar-refractivity contribution >= 4 is 28.6 Å². The molecule has 1 N–H and O–H groups in total. The summed E-state index contributed by atoms with van der Waals surface area (Å²) in [6, 6.07) is 5.73. The Morgan fingerprint density at radius 3 is 2.43 bits per heavy atom. The number of carbonyl (C=O) groups is 1. The first-order valence-electron chi connectivity index (χ1n) is 6.29. The lowest BCUT2D eigenvalue weighted by Gasteiger charge is -2.13. The van der Waals surface area contributed by atoms with E-state index in [0.29, 0.717) is 0 Å². The van der Waals surface area contributed by atoms with E-state index in [9.17, 15) is 18.4 Å². The van der Waals surface area contributed by atoms with Crippen LogP contribution in [0.5, 0.6) is 0 Å². The van der Waals surface area contributed by atoms with Gasteiger partial charge in [-0.15, -0.1) is 0 Å². The molecule has 0 aliphatic heterocycles. The van der Waals surface area contributed by atoms with E-state index in [0.717, 1.165) is 29.0 Å². The quantitative estimate of drug-likeness (QED) is 0.730. The maximum Gasteiger partial charge on any atom is 0.341 e. The van der Waals surface area contributed by atoms with Gasteiger partial charge in [0.15, 0.2) is 0 Å². The summed E-state index contributed by atoms with van der Waals surface area (Å²) >= 11 is 5.78. The first-order valence-corrected chi connectivity index (χ1v) is 6.67. The van der Waals surface area contributed by atoms with E-state index in [2.05, 4.69) is 4.98 Å². The van der Waals surface area contributed by atoms with Crippen LogP contribution in [0.1, 0.15) is 10.4 Å². The van der Waals surface area contributed by atoms with E-state index in [1.807, 2.05) is 0 Å². The standard InChI is InChI=1S/C15H7ClF2N2O3/c16-11-5-4-7-13(21)8(15(22)23)6-20(14(7)19-11)12-9(17)2-1-3-10(12)18/h1-6H,(H,22,23). The van der Waals surface area contributed by atoms with Gasteiger partial charge in [0.05, 0.1) is 5.39 Å². The number of rotatable bonds is 2. The molecule has 116 valence electrons. The van der Waals surface area contributed by atoms with Crippen molar-refractivity contribution in [1.82, 2.24) is 9.55 Å². The van der Waals surface area contributed by atoms with E-state index in [1.54, 1.807) is 0 Å². The van der Waals surface area contributed by atoms with Gasteiger partial charge < -0.3 is 5.11 Å². The molecule has 2 heterocycles. The van der Waals surface area contributed by atoms with E-state index in [1.165, 1.54) is 12.1 Å². The molecule has 0 unspecified atom stereocenters. The number of carboxylic acid groups (broad SMARTS) is 1. The van der Waals surface area contributed by atoms with Crippen LogP contribution in [-0.2, 0) is 0 Å². The van der Waals surface area contributed by atoms with Gasteiger partial charge in [0.2, 0.25) is 5.43 Å². The highest BCUT2D eigenvalue weighted by Gasteiger charge is 2.20. The number of carboxylic acids is 1. The summed E-state index contributed by atoms with van der Waals surface area (Å²) in [6.45, 7) is 0. The molecule has 0 spiro atoms. The molecular formula is C15H7ClF2N2O3. The van der Waals surface area contributed by atoms with E-state index >= 15 is 0 Å². The van der Waals surface area contributed by atoms with Gasteiger partial charge in [0.1, 0.15) is 33.7 Å². The molecule has 0 atom stereocenters. The lowest BCUT2D eigenvalue weighted by atomic mass is 10.1. The highest BCUT2D eigenvalue weighted by Crippen LogP contribution is 2.22. The number of benzene rings is 1. The summed E-state index contributed by atoms with van der Waals surface area (Å²) < 4.78 is 29.0. The second-order valence-electron chi connectivity index (χ2n) is 4.62. The molecular weight excluding hydrogens is 330 g/mol. The smallest absolute Gasteiger partial charge is 0.341 e. The molecule has 8 heteroatoms. The Hall–Kier alpha value is -2.80. The summed E-state index contributed by atoms with van der Waals surface area (Å²) in [5.41, 5.74) is -2.14. The normalized spacial score (nSPS) is 10.9. The zero-order valence-corrected chi connectivity index (χ0v) is 12.0. The SMILES string of the molecule is O=C(O)c1cn(-c2c(F)cccc2F)c2nc(Cl)ccc2c1=O. The molecule has 3 aromatic rings. The van der Waals surface area contributed by atoms with Crippen molar-refractivity contribution in [2.24, 2.45) is 0 Å². The van der Waals surface area contributed by atoms with Crippen molar-refractivity contribution in [3.63, 3.8) is 0 Å². The van der Waals surface area contributed by atoms with Crippen molar-refractivity contribution in [3.8, 4) is 5.69 Å². The maximum absolute atomic E-state index is 14.1. The van der Waals surface area contributed by atoms with Gasteiger partial charge in [-0.2, -0.15) is 0 Å². The molecule has 0 saturated heterocycles. The monoisotopic (exact) mass is 336 g/mol. The van der Waals surface area contributed by atoms with Gasteiger partial charge in [0, 0.05) is 6.20 Å².